The van der Waals surface area contributed by atoms with Crippen molar-refractivity contribution in [1.82, 2.24) is 5.32 Å². The third-order valence-corrected chi connectivity index (χ3v) is 3.93. The predicted molar refractivity (Wildman–Crippen MR) is 59.7 cm³/mol. The van der Waals surface area contributed by atoms with Crippen molar-refractivity contribution < 1.29 is 4.39 Å². The van der Waals surface area contributed by atoms with Gasteiger partial charge in [0, 0.05) is 17.0 Å². The predicted octanol–water partition coefficient (Wildman–Crippen LogP) is 3.35. The van der Waals surface area contributed by atoms with Gasteiger partial charge in [0.2, 0.25) is 0 Å². The van der Waals surface area contributed by atoms with E-state index in [1.165, 1.54) is 16.2 Å². The molecule has 1 nitrogen and oxygen atoms in total. The molecule has 0 fully saturated rings. The van der Waals surface area contributed by atoms with Crippen LogP contribution < -0.4 is 5.32 Å². The molecule has 2 unspecified atom stereocenters. The van der Waals surface area contributed by atoms with Gasteiger partial charge in [-0.2, -0.15) is 0 Å². The molecule has 1 N–H and O–H groups in total. The molecule has 2 atom stereocenters. The molecule has 78 valence electrons. The summed E-state index contributed by atoms with van der Waals surface area (Å²) in [7, 11) is 0. The smallest absolute Gasteiger partial charge is 0.104 e. The zero-order valence-corrected chi connectivity index (χ0v) is 9.46. The van der Waals surface area contributed by atoms with Crippen LogP contribution in [-0.4, -0.2) is 11.5 Å². The highest BCUT2D eigenvalue weighted by Crippen LogP contribution is 2.39. The first-order valence-corrected chi connectivity index (χ1v) is 6.02. The minimum atomic E-state index is -0.633. The fourth-order valence-corrected chi connectivity index (χ4v) is 3.17. The lowest BCUT2D eigenvalue weighted by molar-refractivity contribution is 0.306. The highest BCUT2D eigenvalue weighted by molar-refractivity contribution is 8.04. The first-order valence-electron chi connectivity index (χ1n) is 5.14. The summed E-state index contributed by atoms with van der Waals surface area (Å²) in [6, 6.07) is 0. The van der Waals surface area contributed by atoms with Gasteiger partial charge in [0.05, 0.1) is 5.37 Å². The van der Waals surface area contributed by atoms with Gasteiger partial charge in [0.15, 0.2) is 0 Å². The number of thioether (sulfide) groups is 1. The number of halogens is 1. The summed E-state index contributed by atoms with van der Waals surface area (Å²) in [4.78, 5) is 1.28. The molecule has 1 aliphatic carbocycles. The summed E-state index contributed by atoms with van der Waals surface area (Å²) in [6.45, 7) is 4.21. The summed E-state index contributed by atoms with van der Waals surface area (Å²) < 4.78 is 13.2. The van der Waals surface area contributed by atoms with Crippen molar-refractivity contribution >= 4 is 11.8 Å². The Hall–Kier alpha value is -0.440. The normalized spacial score (nSPS) is 32.9. The lowest BCUT2D eigenvalue weighted by Crippen LogP contribution is -2.14. The van der Waals surface area contributed by atoms with Crippen LogP contribution in [0.25, 0.3) is 0 Å². The summed E-state index contributed by atoms with van der Waals surface area (Å²) in [6.07, 6.45) is 3.76. The van der Waals surface area contributed by atoms with Crippen molar-refractivity contribution in [2.24, 2.45) is 0 Å². The molecule has 0 saturated heterocycles. The monoisotopic (exact) mass is 213 g/mol. The second kappa shape index (κ2) is 3.97. The van der Waals surface area contributed by atoms with E-state index in [9.17, 15) is 4.39 Å². The van der Waals surface area contributed by atoms with Gasteiger partial charge in [-0.3, -0.25) is 0 Å². The van der Waals surface area contributed by atoms with Crippen LogP contribution in [0.15, 0.2) is 22.3 Å². The van der Waals surface area contributed by atoms with E-state index in [0.29, 0.717) is 18.2 Å². The molecule has 14 heavy (non-hydrogen) atoms. The first-order chi connectivity index (χ1) is 6.66. The van der Waals surface area contributed by atoms with E-state index in [2.05, 4.69) is 25.2 Å². The zero-order valence-electron chi connectivity index (χ0n) is 8.64. The molecule has 2 aliphatic rings. The SMILES string of the molecule is CC1=C(C2=CCCC(F)C2)SC(C)N1. The summed E-state index contributed by atoms with van der Waals surface area (Å²) >= 11 is 1.82. The molecule has 1 heterocycles. The first kappa shape index (κ1) is 10.1. The van der Waals surface area contributed by atoms with Crippen LogP contribution in [0.2, 0.25) is 0 Å². The molecule has 0 saturated carbocycles. The Bertz CT molecular complexity index is 296. The molecule has 0 radical (unpaired) electrons. The Labute approximate surface area is 88.8 Å². The highest BCUT2D eigenvalue weighted by atomic mass is 32.2. The van der Waals surface area contributed by atoms with Crippen molar-refractivity contribution in [3.8, 4) is 0 Å². The standard InChI is InChI=1S/C11H16FNS/c1-7-11(14-8(2)13-7)9-4-3-5-10(12)6-9/h4,8,10,13H,3,5-6H2,1-2H3. The van der Waals surface area contributed by atoms with Gasteiger partial charge < -0.3 is 5.32 Å². The van der Waals surface area contributed by atoms with Crippen molar-refractivity contribution in [2.45, 2.75) is 44.7 Å². The van der Waals surface area contributed by atoms with Crippen LogP contribution in [0.4, 0.5) is 4.39 Å². The fraction of sp³-hybridized carbons (Fsp3) is 0.636. The van der Waals surface area contributed by atoms with E-state index in [4.69, 9.17) is 0 Å². The Balaban J connectivity index is 2.15. The minimum absolute atomic E-state index is 0.436. The third-order valence-electron chi connectivity index (χ3n) is 2.66. The molecule has 0 spiro atoms. The largest absolute Gasteiger partial charge is 0.376 e. The number of hydrogen-bond acceptors (Lipinski definition) is 2. The second-order valence-corrected chi connectivity index (χ2v) is 5.32. The van der Waals surface area contributed by atoms with E-state index in [0.717, 1.165) is 6.42 Å². The Morgan fingerprint density at radius 3 is 2.93 bits per heavy atom. The van der Waals surface area contributed by atoms with Gasteiger partial charge in [0.25, 0.3) is 0 Å². The molecule has 2 rings (SSSR count). The summed E-state index contributed by atoms with van der Waals surface area (Å²) in [5, 5.41) is 3.79. The molecule has 1 aliphatic heterocycles. The van der Waals surface area contributed by atoms with Crippen molar-refractivity contribution in [1.29, 1.82) is 0 Å². The van der Waals surface area contributed by atoms with Crippen LogP contribution >= 0.6 is 11.8 Å². The van der Waals surface area contributed by atoms with Crippen LogP contribution in [0.5, 0.6) is 0 Å². The highest BCUT2D eigenvalue weighted by Gasteiger charge is 2.24. The van der Waals surface area contributed by atoms with Crippen molar-refractivity contribution in [2.75, 3.05) is 0 Å². The fourth-order valence-electron chi connectivity index (χ4n) is 2.03. The number of alkyl halides is 1. The van der Waals surface area contributed by atoms with E-state index >= 15 is 0 Å². The van der Waals surface area contributed by atoms with Crippen LogP contribution in [0, 0.1) is 0 Å². The quantitative estimate of drug-likeness (QED) is 0.717. The molecular formula is C11H16FNS. The number of hydrogen-bond donors (Lipinski definition) is 1. The number of rotatable bonds is 1. The maximum atomic E-state index is 13.2. The average molecular weight is 213 g/mol. The minimum Gasteiger partial charge on any atom is -0.376 e. The third kappa shape index (κ3) is 1.97. The number of nitrogens with one attached hydrogen (secondary N) is 1. The van der Waals surface area contributed by atoms with Gasteiger partial charge in [-0.15, -0.1) is 0 Å². The molecular weight excluding hydrogens is 197 g/mol. The number of allylic oxidation sites excluding steroid dienone is 3. The average Bonchev–Trinajstić information content (AvgIpc) is 2.45. The van der Waals surface area contributed by atoms with Crippen molar-refractivity contribution in [3.63, 3.8) is 0 Å². The Morgan fingerprint density at radius 2 is 2.36 bits per heavy atom. The molecule has 0 aromatic heterocycles. The van der Waals surface area contributed by atoms with Gasteiger partial charge in [-0.05, 0) is 32.3 Å². The summed E-state index contributed by atoms with van der Waals surface area (Å²) in [5.41, 5.74) is 2.42. The topological polar surface area (TPSA) is 12.0 Å². The van der Waals surface area contributed by atoms with Crippen molar-refractivity contribution in [3.05, 3.63) is 22.3 Å². The molecule has 0 bridgehead atoms. The lowest BCUT2D eigenvalue weighted by Gasteiger charge is -2.17. The van der Waals surface area contributed by atoms with E-state index in [1.807, 2.05) is 11.8 Å². The zero-order chi connectivity index (χ0) is 10.1. The van der Waals surface area contributed by atoms with Crippen LogP contribution in [-0.2, 0) is 0 Å². The van der Waals surface area contributed by atoms with E-state index < -0.39 is 6.17 Å². The van der Waals surface area contributed by atoms with E-state index in [1.54, 1.807) is 0 Å². The maximum Gasteiger partial charge on any atom is 0.104 e. The Morgan fingerprint density at radius 1 is 1.57 bits per heavy atom. The Kier molecular flexibility index (Phi) is 2.86. The van der Waals surface area contributed by atoms with Gasteiger partial charge in [-0.1, -0.05) is 17.8 Å². The van der Waals surface area contributed by atoms with Gasteiger partial charge in [-0.25, -0.2) is 4.39 Å². The van der Waals surface area contributed by atoms with Gasteiger partial charge in [0.1, 0.15) is 6.17 Å². The second-order valence-electron chi connectivity index (χ2n) is 3.97. The lowest BCUT2D eigenvalue weighted by atomic mass is 9.97. The molecule has 3 heteroatoms. The van der Waals surface area contributed by atoms with Gasteiger partial charge >= 0.3 is 0 Å². The van der Waals surface area contributed by atoms with E-state index in [-0.39, 0.29) is 0 Å². The molecule has 0 aromatic carbocycles. The van der Waals surface area contributed by atoms with Crippen LogP contribution in [0.1, 0.15) is 33.1 Å². The summed E-state index contributed by atoms with van der Waals surface area (Å²) in [5.74, 6) is 0. The molecule has 0 aromatic rings. The maximum absolute atomic E-state index is 13.2. The van der Waals surface area contributed by atoms with Crippen LogP contribution in [0.3, 0.4) is 0 Å². The molecule has 0 amide bonds.